The molecule has 0 aromatic rings. The van der Waals surface area contributed by atoms with Crippen molar-refractivity contribution in [1.82, 2.24) is 0 Å². The van der Waals surface area contributed by atoms with Crippen LogP contribution in [0, 0.1) is 6.61 Å². The third-order valence-corrected chi connectivity index (χ3v) is 7.83. The maximum Gasteiger partial charge on any atom is 0.224 e. The van der Waals surface area contributed by atoms with Crippen LogP contribution in [0.1, 0.15) is 60.3 Å². The minimum absolute atomic E-state index is 0.223. The van der Waals surface area contributed by atoms with Crippen molar-refractivity contribution in [2.75, 3.05) is 0 Å². The van der Waals surface area contributed by atoms with Crippen molar-refractivity contribution in [2.45, 2.75) is 136 Å². The monoisotopic (exact) mass is 497 g/mol. The fourth-order valence-electron chi connectivity index (χ4n) is 4.14. The summed E-state index contributed by atoms with van der Waals surface area (Å²) in [5.74, 6) is 0. The molecule has 1 N–H and O–H groups in total. The Morgan fingerprint density at radius 3 is 1.67 bits per heavy atom. The third kappa shape index (κ3) is 25.9. The molecule has 0 aliphatic carbocycles. The zero-order valence-corrected chi connectivity index (χ0v) is 26.0. The summed E-state index contributed by atoms with van der Waals surface area (Å²) in [6.45, 7) is 37.8. The lowest BCUT2D eigenvalue weighted by atomic mass is 10.0. The standard InChI is InChI=1S/C11H23OSi.C9H20OSi.C8H14O/c1-7-12-11(3)8-10(2)9-13(4,5)6;1-8(6-9(2)10)7-11(3,4)5;1-6-4-7(2)9-8(3)5-6/h7,11H,2,8-9H2,1,3-6H3;9-10H,1,6-7H2,2-5H3;7-8H,1,4-5H2,2-3H3/q+1;;/t11-;9-;7-,8+/m00./s1. The van der Waals surface area contributed by atoms with E-state index in [0.717, 1.165) is 31.7 Å². The zero-order chi connectivity index (χ0) is 26.4. The van der Waals surface area contributed by atoms with Gasteiger partial charge in [-0.2, -0.15) is 4.74 Å². The lowest BCUT2D eigenvalue weighted by Crippen LogP contribution is -2.23. The SMILES string of the molecule is C=C(C[C@H](C)O)C[Si](C)(C)C.C=C(C[C@H](C)O[CH+]C)C[Si](C)(C)C.C=C1C[C@@H](C)O[C@@H](C)C1. The summed E-state index contributed by atoms with van der Waals surface area (Å²) in [7, 11) is -1.97. The summed E-state index contributed by atoms with van der Waals surface area (Å²) < 4.78 is 10.9. The highest BCUT2D eigenvalue weighted by Crippen LogP contribution is 2.22. The lowest BCUT2D eigenvalue weighted by molar-refractivity contribution is -0.0101. The minimum atomic E-state index is -0.998. The van der Waals surface area contributed by atoms with Crippen LogP contribution >= 0.6 is 0 Å². The number of aliphatic hydroxyl groups is 1. The van der Waals surface area contributed by atoms with Crippen LogP contribution < -0.4 is 0 Å². The Hall–Kier alpha value is -0.596. The number of hydrogen-bond acceptors (Lipinski definition) is 3. The molecule has 33 heavy (non-hydrogen) atoms. The molecule has 0 aromatic carbocycles. The first kappa shape index (κ1) is 34.6. The second-order valence-corrected chi connectivity index (χ2v) is 23.3. The van der Waals surface area contributed by atoms with Crippen molar-refractivity contribution < 1.29 is 14.6 Å². The molecular weight excluding hydrogens is 440 g/mol. The van der Waals surface area contributed by atoms with Gasteiger partial charge in [-0.3, -0.25) is 0 Å². The molecule has 4 atom stereocenters. The molecule has 194 valence electrons. The van der Waals surface area contributed by atoms with Crippen LogP contribution in [0.15, 0.2) is 36.5 Å². The van der Waals surface area contributed by atoms with Gasteiger partial charge >= 0.3 is 0 Å². The van der Waals surface area contributed by atoms with Gasteiger partial charge in [-0.1, -0.05) is 62.6 Å². The quantitative estimate of drug-likeness (QED) is 0.186. The predicted molar refractivity (Wildman–Crippen MR) is 154 cm³/mol. The van der Waals surface area contributed by atoms with Gasteiger partial charge in [-0.05, 0) is 65.5 Å². The largest absolute Gasteiger partial charge is 0.393 e. The van der Waals surface area contributed by atoms with Crippen molar-refractivity contribution in [3.05, 3.63) is 43.1 Å². The molecule has 0 unspecified atom stereocenters. The molecule has 0 spiro atoms. The molecule has 0 aromatic heterocycles. The lowest BCUT2D eigenvalue weighted by Gasteiger charge is -2.26. The van der Waals surface area contributed by atoms with Crippen LogP contribution in [-0.4, -0.2) is 45.7 Å². The second-order valence-electron chi connectivity index (χ2n) is 12.3. The Labute approximate surface area is 209 Å². The molecule has 1 aliphatic heterocycles. The molecule has 0 amide bonds. The van der Waals surface area contributed by atoms with Gasteiger partial charge in [0.2, 0.25) is 6.61 Å². The highest BCUT2D eigenvalue weighted by Gasteiger charge is 2.18. The zero-order valence-electron chi connectivity index (χ0n) is 24.0. The van der Waals surface area contributed by atoms with Crippen molar-refractivity contribution in [3.63, 3.8) is 0 Å². The average molecular weight is 498 g/mol. The normalized spacial score (nSPS) is 20.4. The van der Waals surface area contributed by atoms with Crippen LogP contribution in [-0.2, 0) is 9.47 Å². The molecule has 1 heterocycles. The first-order valence-corrected chi connectivity index (χ1v) is 20.0. The molecule has 1 saturated heterocycles. The van der Waals surface area contributed by atoms with Crippen molar-refractivity contribution in [3.8, 4) is 0 Å². The van der Waals surface area contributed by atoms with Gasteiger partial charge < -0.3 is 9.84 Å². The summed E-state index contributed by atoms with van der Waals surface area (Å²) in [6.07, 6.45) is 4.70. The molecule has 1 rings (SSSR count). The summed E-state index contributed by atoms with van der Waals surface area (Å²) in [6, 6.07) is 2.35. The van der Waals surface area contributed by atoms with Crippen LogP contribution in [0.2, 0.25) is 51.4 Å². The number of rotatable bonds is 10. The Kier molecular flexibility index (Phi) is 17.7. The van der Waals surface area contributed by atoms with E-state index in [9.17, 15) is 0 Å². The van der Waals surface area contributed by atoms with Crippen LogP contribution in [0.4, 0.5) is 0 Å². The van der Waals surface area contributed by atoms with Crippen molar-refractivity contribution >= 4 is 16.1 Å². The maximum absolute atomic E-state index is 9.07. The van der Waals surface area contributed by atoms with E-state index >= 15 is 0 Å². The molecule has 0 bridgehead atoms. The Morgan fingerprint density at radius 1 is 0.970 bits per heavy atom. The number of hydrogen-bond donors (Lipinski definition) is 1. The number of ether oxygens (including phenoxy) is 2. The Balaban J connectivity index is 0. The third-order valence-electron chi connectivity index (χ3n) is 4.71. The van der Waals surface area contributed by atoms with Gasteiger partial charge in [-0.15, -0.1) is 13.2 Å². The molecular formula is C28H57O3Si2+. The van der Waals surface area contributed by atoms with Gasteiger partial charge in [0.1, 0.15) is 13.0 Å². The van der Waals surface area contributed by atoms with Gasteiger partial charge in [0.05, 0.1) is 18.3 Å². The van der Waals surface area contributed by atoms with E-state index < -0.39 is 16.1 Å². The number of aliphatic hydroxyl groups excluding tert-OH is 1. The first-order chi connectivity index (χ1) is 14.8. The summed E-state index contributed by atoms with van der Waals surface area (Å²) in [4.78, 5) is 0. The average Bonchev–Trinajstić information content (AvgIpc) is 2.49. The van der Waals surface area contributed by atoms with Crippen LogP contribution in [0.5, 0.6) is 0 Å². The van der Waals surface area contributed by atoms with Crippen molar-refractivity contribution in [1.29, 1.82) is 0 Å². The molecule has 5 heteroatoms. The molecule has 0 radical (unpaired) electrons. The smallest absolute Gasteiger partial charge is 0.224 e. The van der Waals surface area contributed by atoms with Crippen LogP contribution in [0.25, 0.3) is 0 Å². The fourth-order valence-corrected chi connectivity index (χ4v) is 7.43. The van der Waals surface area contributed by atoms with Gasteiger partial charge in [0.15, 0.2) is 0 Å². The molecule has 3 nitrogen and oxygen atoms in total. The maximum atomic E-state index is 9.07. The van der Waals surface area contributed by atoms with E-state index in [1.165, 1.54) is 22.8 Å². The van der Waals surface area contributed by atoms with E-state index in [-0.39, 0.29) is 12.2 Å². The molecule has 1 aliphatic rings. The summed E-state index contributed by atoms with van der Waals surface area (Å²) in [5.41, 5.74) is 3.88. The minimum Gasteiger partial charge on any atom is -0.393 e. The highest BCUT2D eigenvalue weighted by atomic mass is 28.3. The Bertz CT molecular complexity index is 559. The van der Waals surface area contributed by atoms with Crippen LogP contribution in [0.3, 0.4) is 0 Å². The van der Waals surface area contributed by atoms with E-state index in [1.807, 2.05) is 13.8 Å². The first-order valence-electron chi connectivity index (χ1n) is 12.6. The highest BCUT2D eigenvalue weighted by molar-refractivity contribution is 6.77. The van der Waals surface area contributed by atoms with Gasteiger partial charge in [0, 0.05) is 16.1 Å². The van der Waals surface area contributed by atoms with Crippen molar-refractivity contribution in [2.24, 2.45) is 0 Å². The summed E-state index contributed by atoms with van der Waals surface area (Å²) in [5, 5.41) is 9.07. The van der Waals surface area contributed by atoms with E-state index in [0.29, 0.717) is 12.2 Å². The van der Waals surface area contributed by atoms with E-state index in [4.69, 9.17) is 14.6 Å². The predicted octanol–water partition coefficient (Wildman–Crippen LogP) is 8.64. The fraction of sp³-hybridized carbons (Fsp3) is 0.750. The molecule has 0 saturated carbocycles. The Morgan fingerprint density at radius 2 is 1.36 bits per heavy atom. The topological polar surface area (TPSA) is 38.7 Å². The van der Waals surface area contributed by atoms with Gasteiger partial charge in [-0.25, -0.2) is 0 Å². The van der Waals surface area contributed by atoms with E-state index in [2.05, 4.69) is 79.8 Å². The van der Waals surface area contributed by atoms with E-state index in [1.54, 1.807) is 6.61 Å². The summed E-state index contributed by atoms with van der Waals surface area (Å²) >= 11 is 0. The second kappa shape index (κ2) is 16.9. The van der Waals surface area contributed by atoms with Gasteiger partial charge in [0.25, 0.3) is 0 Å². The molecule has 1 fully saturated rings.